The summed E-state index contributed by atoms with van der Waals surface area (Å²) in [5.41, 5.74) is 1.14. The minimum Gasteiger partial charge on any atom is -0.361 e. The zero-order valence-electron chi connectivity index (χ0n) is 13.3. The molecule has 1 aromatic rings. The van der Waals surface area contributed by atoms with Crippen LogP contribution < -0.4 is 0 Å². The monoisotopic (exact) mass is 306 g/mol. The molecular weight excluding hydrogens is 284 g/mol. The van der Waals surface area contributed by atoms with Crippen LogP contribution in [0.1, 0.15) is 21.8 Å². The Bertz CT molecular complexity index is 564. The van der Waals surface area contributed by atoms with Crippen LogP contribution in [0.4, 0.5) is 0 Å². The quantitative estimate of drug-likeness (QED) is 0.777. The molecule has 2 aliphatic rings. The Kier molecular flexibility index (Phi) is 3.90. The van der Waals surface area contributed by atoms with Crippen LogP contribution in [0.5, 0.6) is 0 Å². The van der Waals surface area contributed by atoms with Crippen LogP contribution in [0.25, 0.3) is 0 Å². The number of likely N-dealkylation sites (N-methyl/N-ethyl adjacent to an activating group) is 1. The van der Waals surface area contributed by atoms with Crippen LogP contribution in [0.2, 0.25) is 0 Å². The summed E-state index contributed by atoms with van der Waals surface area (Å²) in [7, 11) is 2.06. The normalized spacial score (nSPS) is 20.1. The van der Waals surface area contributed by atoms with E-state index >= 15 is 0 Å². The number of aryl methyl sites for hydroxylation is 2. The van der Waals surface area contributed by atoms with Crippen LogP contribution in [0.15, 0.2) is 4.52 Å². The fraction of sp³-hybridized carbons (Fsp3) is 0.667. The average Bonchev–Trinajstić information content (AvgIpc) is 2.77. The standard InChI is InChI=1S/C15H22N4O3/c1-10-13(11(2)22-16-10)15(21)19-8-12(9-19)14(20)18-6-4-17(3)5-7-18/h12H,4-9H2,1-3H3. The molecule has 0 radical (unpaired) electrons. The molecule has 0 saturated carbocycles. The fourth-order valence-corrected chi connectivity index (χ4v) is 3.03. The molecule has 3 rings (SSSR count). The summed E-state index contributed by atoms with van der Waals surface area (Å²) in [6.07, 6.45) is 0. The number of likely N-dealkylation sites (tertiary alicyclic amines) is 1. The fourth-order valence-electron chi connectivity index (χ4n) is 3.03. The second kappa shape index (κ2) is 5.72. The van der Waals surface area contributed by atoms with Crippen molar-refractivity contribution in [3.8, 4) is 0 Å². The first kappa shape index (κ1) is 15.0. The smallest absolute Gasteiger partial charge is 0.259 e. The summed E-state index contributed by atoms with van der Waals surface area (Å²) in [5, 5.41) is 3.81. The van der Waals surface area contributed by atoms with Gasteiger partial charge in [0.1, 0.15) is 11.3 Å². The van der Waals surface area contributed by atoms with E-state index in [1.165, 1.54) is 0 Å². The summed E-state index contributed by atoms with van der Waals surface area (Å²) >= 11 is 0. The largest absolute Gasteiger partial charge is 0.361 e. The van der Waals surface area contributed by atoms with Crippen LogP contribution in [0, 0.1) is 19.8 Å². The number of carbonyl (C=O) groups excluding carboxylic acids is 2. The maximum atomic E-state index is 12.4. The zero-order chi connectivity index (χ0) is 15.9. The van der Waals surface area contributed by atoms with Gasteiger partial charge in [-0.1, -0.05) is 5.16 Å². The second-order valence-corrected chi connectivity index (χ2v) is 6.23. The number of rotatable bonds is 2. The van der Waals surface area contributed by atoms with E-state index in [0.717, 1.165) is 26.2 Å². The summed E-state index contributed by atoms with van der Waals surface area (Å²) < 4.78 is 5.04. The SMILES string of the molecule is Cc1noc(C)c1C(=O)N1CC(C(=O)N2CCN(C)CC2)C1. The summed E-state index contributed by atoms with van der Waals surface area (Å²) in [5.74, 6) is 0.568. The van der Waals surface area contributed by atoms with Gasteiger partial charge in [-0.2, -0.15) is 0 Å². The van der Waals surface area contributed by atoms with Gasteiger partial charge in [0.25, 0.3) is 5.91 Å². The van der Waals surface area contributed by atoms with E-state index in [9.17, 15) is 9.59 Å². The highest BCUT2D eigenvalue weighted by molar-refractivity contribution is 5.97. The third kappa shape index (κ3) is 2.61. The van der Waals surface area contributed by atoms with Gasteiger partial charge < -0.3 is 19.2 Å². The number of aromatic nitrogens is 1. The van der Waals surface area contributed by atoms with Crippen molar-refractivity contribution in [2.24, 2.45) is 5.92 Å². The van der Waals surface area contributed by atoms with Gasteiger partial charge in [0.05, 0.1) is 11.6 Å². The van der Waals surface area contributed by atoms with Crippen molar-refractivity contribution < 1.29 is 14.1 Å². The molecule has 0 aromatic carbocycles. The first-order valence-corrected chi connectivity index (χ1v) is 7.67. The molecule has 0 N–H and O–H groups in total. The molecule has 0 spiro atoms. The predicted molar refractivity (Wildman–Crippen MR) is 79.4 cm³/mol. The maximum Gasteiger partial charge on any atom is 0.259 e. The highest BCUT2D eigenvalue weighted by Gasteiger charge is 2.39. The van der Waals surface area contributed by atoms with E-state index in [1.54, 1.807) is 18.7 Å². The van der Waals surface area contributed by atoms with Gasteiger partial charge in [0, 0.05) is 39.3 Å². The van der Waals surface area contributed by atoms with Gasteiger partial charge in [0.2, 0.25) is 5.91 Å². The number of carbonyl (C=O) groups is 2. The van der Waals surface area contributed by atoms with Crippen LogP contribution in [0.3, 0.4) is 0 Å². The van der Waals surface area contributed by atoms with E-state index in [0.29, 0.717) is 30.1 Å². The molecule has 2 saturated heterocycles. The first-order valence-electron chi connectivity index (χ1n) is 7.67. The molecule has 0 unspecified atom stereocenters. The predicted octanol–water partition coefficient (Wildman–Crippen LogP) is 0.137. The number of hydrogen-bond acceptors (Lipinski definition) is 5. The minimum atomic E-state index is -0.0846. The molecule has 1 aromatic heterocycles. The molecule has 0 atom stereocenters. The van der Waals surface area contributed by atoms with Crippen molar-refractivity contribution in [3.63, 3.8) is 0 Å². The Morgan fingerprint density at radius 3 is 2.27 bits per heavy atom. The van der Waals surface area contributed by atoms with Crippen LogP contribution in [-0.2, 0) is 4.79 Å². The molecule has 22 heavy (non-hydrogen) atoms. The van der Waals surface area contributed by atoms with Crippen LogP contribution in [-0.4, -0.2) is 78.0 Å². The van der Waals surface area contributed by atoms with Crippen molar-refractivity contribution in [1.29, 1.82) is 0 Å². The van der Waals surface area contributed by atoms with E-state index in [4.69, 9.17) is 4.52 Å². The third-order valence-electron chi connectivity index (χ3n) is 4.58. The van der Waals surface area contributed by atoms with Crippen molar-refractivity contribution in [1.82, 2.24) is 19.9 Å². The zero-order valence-corrected chi connectivity index (χ0v) is 13.3. The van der Waals surface area contributed by atoms with E-state index in [2.05, 4.69) is 17.1 Å². The molecule has 7 nitrogen and oxygen atoms in total. The number of nitrogens with zero attached hydrogens (tertiary/aromatic N) is 4. The Labute approximate surface area is 129 Å². The Morgan fingerprint density at radius 2 is 1.73 bits per heavy atom. The van der Waals surface area contributed by atoms with Gasteiger partial charge in [0.15, 0.2) is 0 Å². The molecule has 3 heterocycles. The second-order valence-electron chi connectivity index (χ2n) is 6.23. The molecule has 0 aliphatic carbocycles. The molecule has 7 heteroatoms. The van der Waals surface area contributed by atoms with Gasteiger partial charge in [-0.25, -0.2) is 0 Å². The lowest BCUT2D eigenvalue weighted by Crippen LogP contribution is -2.58. The number of hydrogen-bond donors (Lipinski definition) is 0. The van der Waals surface area contributed by atoms with Crippen molar-refractivity contribution in [2.75, 3.05) is 46.3 Å². The molecular formula is C15H22N4O3. The number of amides is 2. The van der Waals surface area contributed by atoms with E-state index < -0.39 is 0 Å². The van der Waals surface area contributed by atoms with Crippen molar-refractivity contribution >= 4 is 11.8 Å². The van der Waals surface area contributed by atoms with Crippen molar-refractivity contribution in [2.45, 2.75) is 13.8 Å². The summed E-state index contributed by atoms with van der Waals surface area (Å²) in [6.45, 7) is 7.88. The highest BCUT2D eigenvalue weighted by atomic mass is 16.5. The Hall–Kier alpha value is -1.89. The van der Waals surface area contributed by atoms with Crippen LogP contribution >= 0.6 is 0 Å². The van der Waals surface area contributed by atoms with Gasteiger partial charge in [-0.3, -0.25) is 9.59 Å². The van der Waals surface area contributed by atoms with Gasteiger partial charge >= 0.3 is 0 Å². The molecule has 2 fully saturated rings. The molecule has 0 bridgehead atoms. The number of piperazine rings is 1. The Morgan fingerprint density at radius 1 is 1.09 bits per heavy atom. The third-order valence-corrected chi connectivity index (χ3v) is 4.58. The lowest BCUT2D eigenvalue weighted by atomic mass is 9.96. The molecule has 2 amide bonds. The molecule has 2 aliphatic heterocycles. The van der Waals surface area contributed by atoms with E-state index in [-0.39, 0.29) is 17.7 Å². The topological polar surface area (TPSA) is 69.9 Å². The minimum absolute atomic E-state index is 0.0622. The van der Waals surface area contributed by atoms with E-state index in [1.807, 2.05) is 4.90 Å². The van der Waals surface area contributed by atoms with Gasteiger partial charge in [-0.15, -0.1) is 0 Å². The summed E-state index contributed by atoms with van der Waals surface area (Å²) in [4.78, 5) is 30.7. The van der Waals surface area contributed by atoms with Crippen molar-refractivity contribution in [3.05, 3.63) is 17.0 Å². The molecule has 120 valence electrons. The maximum absolute atomic E-state index is 12.4. The average molecular weight is 306 g/mol. The highest BCUT2D eigenvalue weighted by Crippen LogP contribution is 2.24. The summed E-state index contributed by atoms with van der Waals surface area (Å²) in [6, 6.07) is 0. The lowest BCUT2D eigenvalue weighted by molar-refractivity contribution is -0.141. The first-order chi connectivity index (χ1) is 10.5. The Balaban J connectivity index is 1.56. The lowest BCUT2D eigenvalue weighted by Gasteiger charge is -2.42. The van der Waals surface area contributed by atoms with Gasteiger partial charge in [-0.05, 0) is 20.9 Å².